The molecule has 0 unspecified atom stereocenters. The van der Waals surface area contributed by atoms with Crippen LogP contribution >= 0.6 is 12.2 Å². The summed E-state index contributed by atoms with van der Waals surface area (Å²) < 4.78 is 4.97. The third kappa shape index (κ3) is 6.52. The van der Waals surface area contributed by atoms with E-state index in [-0.39, 0.29) is 0 Å². The van der Waals surface area contributed by atoms with E-state index in [1.807, 2.05) is 0 Å². The molecule has 12 heavy (non-hydrogen) atoms. The third-order valence-electron chi connectivity index (χ3n) is 1.53. The molecule has 0 aromatic rings. The van der Waals surface area contributed by atoms with Crippen LogP contribution in [0.2, 0.25) is 0 Å². The fourth-order valence-electron chi connectivity index (χ4n) is 1.03. The average molecular weight is 190 g/mol. The second kappa shape index (κ2) is 7.46. The van der Waals surface area contributed by atoms with E-state index < -0.39 is 0 Å². The van der Waals surface area contributed by atoms with E-state index in [1.54, 1.807) is 7.11 Å². The van der Waals surface area contributed by atoms with Gasteiger partial charge in [0.1, 0.15) is 0 Å². The summed E-state index contributed by atoms with van der Waals surface area (Å²) >= 11 is 4.83. The first-order chi connectivity index (χ1) is 5.70. The van der Waals surface area contributed by atoms with Gasteiger partial charge in [-0.05, 0) is 13.0 Å². The molecule has 0 rings (SSSR count). The Balaban J connectivity index is 3.61. The van der Waals surface area contributed by atoms with Crippen molar-refractivity contribution in [1.29, 1.82) is 0 Å². The second-order valence-corrected chi connectivity index (χ2v) is 3.26. The third-order valence-corrected chi connectivity index (χ3v) is 1.66. The number of nitrogens with two attached hydrogens (primary N) is 1. The predicted octanol–water partition coefficient (Wildman–Crippen LogP) is 0.631. The Morgan fingerprint density at radius 2 is 2.17 bits per heavy atom. The van der Waals surface area contributed by atoms with E-state index in [2.05, 4.69) is 11.8 Å². The summed E-state index contributed by atoms with van der Waals surface area (Å²) in [5.74, 6) is 0. The quantitative estimate of drug-likeness (QED) is 0.598. The minimum atomic E-state index is 0.555. The lowest BCUT2D eigenvalue weighted by molar-refractivity contribution is 0.156. The van der Waals surface area contributed by atoms with Gasteiger partial charge in [0.15, 0.2) is 0 Å². The van der Waals surface area contributed by atoms with E-state index in [0.717, 1.165) is 26.1 Å². The van der Waals surface area contributed by atoms with Crippen LogP contribution in [0.3, 0.4) is 0 Å². The maximum Gasteiger partial charge on any atom is 0.0870 e. The highest BCUT2D eigenvalue weighted by Crippen LogP contribution is 1.91. The molecule has 0 fully saturated rings. The van der Waals surface area contributed by atoms with E-state index in [4.69, 9.17) is 22.7 Å². The van der Waals surface area contributed by atoms with Crippen molar-refractivity contribution in [3.8, 4) is 0 Å². The zero-order valence-corrected chi connectivity index (χ0v) is 8.69. The monoisotopic (exact) mass is 190 g/mol. The van der Waals surface area contributed by atoms with Gasteiger partial charge >= 0.3 is 0 Å². The summed E-state index contributed by atoms with van der Waals surface area (Å²) in [6, 6.07) is 0. The van der Waals surface area contributed by atoms with Crippen LogP contribution in [-0.4, -0.2) is 43.2 Å². The summed E-state index contributed by atoms with van der Waals surface area (Å²) in [6.07, 6.45) is 1.12. The molecule has 0 aliphatic carbocycles. The summed E-state index contributed by atoms with van der Waals surface area (Å²) in [6.45, 7) is 5.51. The van der Waals surface area contributed by atoms with E-state index in [9.17, 15) is 0 Å². The summed E-state index contributed by atoms with van der Waals surface area (Å²) in [5.41, 5.74) is 5.44. The molecule has 0 saturated carbocycles. The number of rotatable bonds is 7. The van der Waals surface area contributed by atoms with Crippen LogP contribution in [-0.2, 0) is 4.74 Å². The Kier molecular flexibility index (Phi) is 7.34. The van der Waals surface area contributed by atoms with Crippen molar-refractivity contribution in [2.75, 3.05) is 33.4 Å². The van der Waals surface area contributed by atoms with E-state index >= 15 is 0 Å². The van der Waals surface area contributed by atoms with Crippen LogP contribution < -0.4 is 5.73 Å². The molecule has 0 aromatic heterocycles. The molecule has 0 aromatic carbocycles. The molecule has 0 spiro atoms. The largest absolute Gasteiger partial charge is 0.392 e. The van der Waals surface area contributed by atoms with Gasteiger partial charge in [0.05, 0.1) is 11.6 Å². The number of thiocarbonyl (C=S) groups is 1. The molecule has 0 heterocycles. The maximum absolute atomic E-state index is 5.44. The van der Waals surface area contributed by atoms with Crippen LogP contribution in [0.15, 0.2) is 0 Å². The molecule has 0 amide bonds. The first-order valence-electron chi connectivity index (χ1n) is 4.20. The normalized spacial score (nSPS) is 10.6. The van der Waals surface area contributed by atoms with Gasteiger partial charge in [0.25, 0.3) is 0 Å². The molecule has 0 bridgehead atoms. The van der Waals surface area contributed by atoms with Crippen LogP contribution in [0.25, 0.3) is 0 Å². The van der Waals surface area contributed by atoms with Gasteiger partial charge in [-0.1, -0.05) is 19.1 Å². The van der Waals surface area contributed by atoms with Crippen LogP contribution in [0.5, 0.6) is 0 Å². The minimum absolute atomic E-state index is 0.555. The van der Waals surface area contributed by atoms with Gasteiger partial charge in [-0.15, -0.1) is 0 Å². The van der Waals surface area contributed by atoms with Crippen molar-refractivity contribution >= 4 is 17.2 Å². The van der Waals surface area contributed by atoms with Crippen LogP contribution in [0.1, 0.15) is 13.3 Å². The molecule has 3 nitrogen and oxygen atoms in total. The van der Waals surface area contributed by atoms with Crippen LogP contribution in [0, 0.1) is 0 Å². The van der Waals surface area contributed by atoms with Gasteiger partial charge in [-0.25, -0.2) is 0 Å². The van der Waals surface area contributed by atoms with Gasteiger partial charge in [0.2, 0.25) is 0 Å². The minimum Gasteiger partial charge on any atom is -0.392 e. The Morgan fingerprint density at radius 1 is 1.50 bits per heavy atom. The number of hydrogen-bond donors (Lipinski definition) is 1. The molecule has 0 radical (unpaired) electrons. The SMILES string of the molecule is CCCN(CCOC)CC(N)=S. The Bertz CT molecular complexity index is 130. The highest BCUT2D eigenvalue weighted by Gasteiger charge is 2.03. The van der Waals surface area contributed by atoms with Crippen LogP contribution in [0.4, 0.5) is 0 Å². The number of ether oxygens (including phenoxy) is 1. The number of methoxy groups -OCH3 is 1. The lowest BCUT2D eigenvalue weighted by atomic mass is 10.4. The van der Waals surface area contributed by atoms with Gasteiger partial charge in [-0.2, -0.15) is 0 Å². The topological polar surface area (TPSA) is 38.5 Å². The lowest BCUT2D eigenvalue weighted by Crippen LogP contribution is -2.35. The first-order valence-corrected chi connectivity index (χ1v) is 4.61. The highest BCUT2D eigenvalue weighted by molar-refractivity contribution is 7.80. The molecular formula is C8H18N2OS. The van der Waals surface area contributed by atoms with Crippen molar-refractivity contribution in [1.82, 2.24) is 4.90 Å². The maximum atomic E-state index is 5.44. The van der Waals surface area contributed by atoms with E-state index in [0.29, 0.717) is 11.5 Å². The van der Waals surface area contributed by atoms with Crippen molar-refractivity contribution in [3.63, 3.8) is 0 Å². The molecule has 4 heteroatoms. The molecule has 0 atom stereocenters. The molecule has 0 aliphatic heterocycles. The first kappa shape index (κ1) is 11.8. The fourth-order valence-corrected chi connectivity index (χ4v) is 1.21. The van der Waals surface area contributed by atoms with Gasteiger partial charge < -0.3 is 10.5 Å². The Morgan fingerprint density at radius 3 is 2.58 bits per heavy atom. The average Bonchev–Trinajstić information content (AvgIpc) is 2.00. The molecule has 0 aliphatic rings. The van der Waals surface area contributed by atoms with E-state index in [1.165, 1.54) is 0 Å². The molecule has 72 valence electrons. The number of nitrogens with zero attached hydrogens (tertiary/aromatic N) is 1. The predicted molar refractivity (Wildman–Crippen MR) is 55.4 cm³/mol. The highest BCUT2D eigenvalue weighted by atomic mass is 32.1. The Labute approximate surface area is 79.9 Å². The smallest absolute Gasteiger partial charge is 0.0870 e. The van der Waals surface area contributed by atoms with Crippen molar-refractivity contribution in [3.05, 3.63) is 0 Å². The van der Waals surface area contributed by atoms with Crippen molar-refractivity contribution in [2.45, 2.75) is 13.3 Å². The molecule has 2 N–H and O–H groups in total. The van der Waals surface area contributed by atoms with Gasteiger partial charge in [0, 0.05) is 20.2 Å². The fraction of sp³-hybridized carbons (Fsp3) is 0.875. The molecule has 0 saturated heterocycles. The summed E-state index contributed by atoms with van der Waals surface area (Å²) in [5, 5.41) is 0. The number of hydrogen-bond acceptors (Lipinski definition) is 3. The molecular weight excluding hydrogens is 172 g/mol. The second-order valence-electron chi connectivity index (χ2n) is 2.74. The zero-order valence-electron chi connectivity index (χ0n) is 7.88. The lowest BCUT2D eigenvalue weighted by Gasteiger charge is -2.19. The van der Waals surface area contributed by atoms with Crippen molar-refractivity contribution < 1.29 is 4.74 Å². The summed E-state index contributed by atoms with van der Waals surface area (Å²) in [7, 11) is 1.70. The summed E-state index contributed by atoms with van der Waals surface area (Å²) in [4.78, 5) is 2.76. The van der Waals surface area contributed by atoms with Crippen molar-refractivity contribution in [2.24, 2.45) is 5.73 Å². The Hall–Kier alpha value is -0.190. The van der Waals surface area contributed by atoms with Gasteiger partial charge in [-0.3, -0.25) is 4.90 Å². The standard InChI is InChI=1S/C8H18N2OS/c1-3-4-10(5-6-11-2)7-8(9)12/h3-7H2,1-2H3,(H2,9,12). The zero-order chi connectivity index (χ0) is 9.40.